The van der Waals surface area contributed by atoms with Gasteiger partial charge >= 0.3 is 0 Å². The Labute approximate surface area is 134 Å². The second kappa shape index (κ2) is 8.43. The fraction of sp³-hybridized carbons (Fsp3) is 0.176. The molecule has 6 heteroatoms. The zero-order valence-corrected chi connectivity index (χ0v) is 13.0. The lowest BCUT2D eigenvalue weighted by molar-refractivity contribution is -0.123. The van der Waals surface area contributed by atoms with E-state index in [9.17, 15) is 4.79 Å². The Morgan fingerprint density at radius 2 is 1.70 bits per heavy atom. The number of hydrogen-bond donors (Lipinski definition) is 1. The minimum Gasteiger partial charge on any atom is -0.493 e. The molecule has 0 bridgehead atoms. The molecule has 0 aromatic heterocycles. The van der Waals surface area contributed by atoms with Gasteiger partial charge in [-0.15, -0.1) is 0 Å². The van der Waals surface area contributed by atoms with Gasteiger partial charge in [-0.1, -0.05) is 36.4 Å². The van der Waals surface area contributed by atoms with E-state index in [1.807, 2.05) is 30.3 Å². The number of nitrogens with zero attached hydrogens (tertiary/aromatic N) is 1. The summed E-state index contributed by atoms with van der Waals surface area (Å²) in [6.07, 6.45) is 1.56. The van der Waals surface area contributed by atoms with Crippen LogP contribution in [0.1, 0.15) is 5.56 Å². The molecule has 0 aliphatic heterocycles. The maximum atomic E-state index is 11.8. The highest BCUT2D eigenvalue weighted by Gasteiger charge is 2.12. The van der Waals surface area contributed by atoms with Crippen molar-refractivity contribution in [1.82, 2.24) is 5.43 Å². The molecule has 0 heterocycles. The van der Waals surface area contributed by atoms with E-state index in [1.54, 1.807) is 24.4 Å². The largest absolute Gasteiger partial charge is 0.493 e. The molecule has 0 atom stereocenters. The lowest BCUT2D eigenvalue weighted by Gasteiger charge is -2.13. The summed E-state index contributed by atoms with van der Waals surface area (Å²) in [7, 11) is 3.04. The van der Waals surface area contributed by atoms with Gasteiger partial charge in [0, 0.05) is 0 Å². The molecule has 0 saturated heterocycles. The fourth-order valence-corrected chi connectivity index (χ4v) is 1.85. The average Bonchev–Trinajstić information content (AvgIpc) is 2.60. The van der Waals surface area contributed by atoms with Crippen molar-refractivity contribution in [3.63, 3.8) is 0 Å². The monoisotopic (exact) mass is 314 g/mol. The van der Waals surface area contributed by atoms with Gasteiger partial charge in [0.25, 0.3) is 5.91 Å². The zero-order valence-electron chi connectivity index (χ0n) is 13.0. The summed E-state index contributed by atoms with van der Waals surface area (Å²) in [5.41, 5.74) is 3.29. The number of hydrazone groups is 1. The minimum atomic E-state index is -0.384. The molecule has 2 aromatic rings. The average molecular weight is 314 g/mol. The van der Waals surface area contributed by atoms with Crippen LogP contribution < -0.4 is 19.6 Å². The second-order valence-corrected chi connectivity index (χ2v) is 4.48. The molecule has 6 nitrogen and oxygen atoms in total. The summed E-state index contributed by atoms with van der Waals surface area (Å²) >= 11 is 0. The van der Waals surface area contributed by atoms with Crippen LogP contribution in [0.4, 0.5) is 0 Å². The Morgan fingerprint density at radius 3 is 2.30 bits per heavy atom. The number of methoxy groups -OCH3 is 2. The van der Waals surface area contributed by atoms with Gasteiger partial charge in [0.05, 0.1) is 20.4 Å². The summed E-state index contributed by atoms with van der Waals surface area (Å²) in [4.78, 5) is 11.8. The number of para-hydroxylation sites is 1. The number of nitrogens with one attached hydrogen (secondary N) is 1. The molecule has 1 N–H and O–H groups in total. The van der Waals surface area contributed by atoms with Gasteiger partial charge < -0.3 is 14.2 Å². The number of amides is 1. The van der Waals surface area contributed by atoms with Crippen molar-refractivity contribution in [2.75, 3.05) is 20.8 Å². The number of ether oxygens (including phenoxy) is 3. The second-order valence-electron chi connectivity index (χ2n) is 4.48. The molecule has 0 aliphatic rings. The van der Waals surface area contributed by atoms with Crippen LogP contribution in [0.15, 0.2) is 53.6 Å². The van der Waals surface area contributed by atoms with E-state index in [2.05, 4.69) is 10.5 Å². The first-order valence-corrected chi connectivity index (χ1v) is 6.95. The molecule has 0 fully saturated rings. The van der Waals surface area contributed by atoms with Gasteiger partial charge in [-0.25, -0.2) is 5.43 Å². The predicted octanol–water partition coefficient (Wildman–Crippen LogP) is 2.23. The standard InChI is InChI=1S/C17H18N2O4/c1-21-14-9-6-10-15(22-2)17(14)23-12-16(20)19-18-11-13-7-4-3-5-8-13/h3-11H,12H2,1-2H3,(H,19,20)/b18-11-. The van der Waals surface area contributed by atoms with Crippen molar-refractivity contribution in [3.05, 3.63) is 54.1 Å². The van der Waals surface area contributed by atoms with E-state index >= 15 is 0 Å². The first-order chi connectivity index (χ1) is 11.2. The topological polar surface area (TPSA) is 69.2 Å². The number of benzene rings is 2. The minimum absolute atomic E-state index is 0.205. The quantitative estimate of drug-likeness (QED) is 0.628. The van der Waals surface area contributed by atoms with Gasteiger partial charge in [-0.2, -0.15) is 5.10 Å². The first kappa shape index (κ1) is 16.4. The SMILES string of the molecule is COc1cccc(OC)c1OCC(=O)N/N=C\c1ccccc1. The van der Waals surface area contributed by atoms with Crippen LogP contribution >= 0.6 is 0 Å². The van der Waals surface area contributed by atoms with Crippen LogP contribution in [0, 0.1) is 0 Å². The van der Waals surface area contributed by atoms with E-state index in [-0.39, 0.29) is 12.5 Å². The molecule has 0 radical (unpaired) electrons. The van der Waals surface area contributed by atoms with Crippen molar-refractivity contribution in [2.45, 2.75) is 0 Å². The van der Waals surface area contributed by atoms with Crippen molar-refractivity contribution in [1.29, 1.82) is 0 Å². The molecule has 23 heavy (non-hydrogen) atoms. The number of hydrogen-bond acceptors (Lipinski definition) is 5. The highest BCUT2D eigenvalue weighted by Crippen LogP contribution is 2.36. The van der Waals surface area contributed by atoms with Crippen LogP contribution in [0.25, 0.3) is 0 Å². The van der Waals surface area contributed by atoms with E-state index < -0.39 is 0 Å². The van der Waals surface area contributed by atoms with Gasteiger partial charge in [-0.05, 0) is 17.7 Å². The van der Waals surface area contributed by atoms with Crippen LogP contribution in [0.2, 0.25) is 0 Å². The number of carbonyl (C=O) groups excluding carboxylic acids is 1. The fourth-order valence-electron chi connectivity index (χ4n) is 1.85. The van der Waals surface area contributed by atoms with Crippen molar-refractivity contribution in [2.24, 2.45) is 5.10 Å². The Hall–Kier alpha value is -3.02. The number of rotatable bonds is 7. The Balaban J connectivity index is 1.91. The summed E-state index contributed by atoms with van der Waals surface area (Å²) in [5, 5.41) is 3.87. The molecular weight excluding hydrogens is 296 g/mol. The van der Waals surface area contributed by atoms with Gasteiger partial charge in [-0.3, -0.25) is 4.79 Å². The maximum absolute atomic E-state index is 11.8. The molecule has 120 valence electrons. The molecule has 0 unspecified atom stereocenters. The third-order valence-corrected chi connectivity index (χ3v) is 2.93. The third-order valence-electron chi connectivity index (χ3n) is 2.93. The summed E-state index contributed by atoms with van der Waals surface area (Å²) in [5.74, 6) is 0.972. The Morgan fingerprint density at radius 1 is 1.04 bits per heavy atom. The highest BCUT2D eigenvalue weighted by molar-refractivity contribution is 5.82. The normalized spacial score (nSPS) is 10.3. The van der Waals surface area contributed by atoms with E-state index in [0.717, 1.165) is 5.56 Å². The van der Waals surface area contributed by atoms with Gasteiger partial charge in [0.1, 0.15) is 0 Å². The third kappa shape index (κ3) is 4.74. The Kier molecular flexibility index (Phi) is 5.99. The molecule has 0 saturated carbocycles. The van der Waals surface area contributed by atoms with Crippen LogP contribution in [-0.4, -0.2) is 32.9 Å². The molecule has 2 rings (SSSR count). The molecular formula is C17H18N2O4. The molecule has 1 amide bonds. The molecule has 2 aromatic carbocycles. The summed E-state index contributed by atoms with van der Waals surface area (Å²) < 4.78 is 15.9. The van der Waals surface area contributed by atoms with Gasteiger partial charge in [0.15, 0.2) is 18.1 Å². The predicted molar refractivity (Wildman–Crippen MR) is 87.2 cm³/mol. The zero-order chi connectivity index (χ0) is 16.5. The maximum Gasteiger partial charge on any atom is 0.277 e. The highest BCUT2D eigenvalue weighted by atomic mass is 16.5. The van der Waals surface area contributed by atoms with E-state index in [4.69, 9.17) is 14.2 Å². The summed E-state index contributed by atoms with van der Waals surface area (Å²) in [6.45, 7) is -0.205. The molecule has 0 aliphatic carbocycles. The molecule has 0 spiro atoms. The number of carbonyl (C=O) groups is 1. The van der Waals surface area contributed by atoms with Crippen LogP contribution in [0.3, 0.4) is 0 Å². The lowest BCUT2D eigenvalue weighted by Crippen LogP contribution is -2.24. The van der Waals surface area contributed by atoms with Crippen molar-refractivity contribution >= 4 is 12.1 Å². The van der Waals surface area contributed by atoms with Crippen LogP contribution in [-0.2, 0) is 4.79 Å². The van der Waals surface area contributed by atoms with Crippen LogP contribution in [0.5, 0.6) is 17.2 Å². The smallest absolute Gasteiger partial charge is 0.277 e. The lowest BCUT2D eigenvalue weighted by atomic mass is 10.2. The van der Waals surface area contributed by atoms with E-state index in [1.165, 1.54) is 14.2 Å². The van der Waals surface area contributed by atoms with Crippen molar-refractivity contribution in [3.8, 4) is 17.2 Å². The summed E-state index contributed by atoms with van der Waals surface area (Å²) in [6, 6.07) is 14.7. The first-order valence-electron chi connectivity index (χ1n) is 6.95. The van der Waals surface area contributed by atoms with Gasteiger partial charge in [0.2, 0.25) is 5.75 Å². The van der Waals surface area contributed by atoms with Crippen molar-refractivity contribution < 1.29 is 19.0 Å². The van der Waals surface area contributed by atoms with E-state index in [0.29, 0.717) is 17.2 Å². The Bertz CT molecular complexity index is 649.